The zero-order valence-electron chi connectivity index (χ0n) is 12.1. The zero-order chi connectivity index (χ0) is 14.4. The number of anilines is 1. The Morgan fingerprint density at radius 2 is 2.20 bits per heavy atom. The molecule has 0 aromatic heterocycles. The molecule has 1 heterocycles. The molecular weight excluding hydrogens is 252 g/mol. The first-order chi connectivity index (χ1) is 9.77. The van der Waals surface area contributed by atoms with Gasteiger partial charge in [-0.05, 0) is 37.8 Å². The zero-order valence-corrected chi connectivity index (χ0v) is 12.1. The van der Waals surface area contributed by atoms with Crippen LogP contribution in [0.2, 0.25) is 0 Å². The van der Waals surface area contributed by atoms with Gasteiger partial charge in [-0.3, -0.25) is 4.79 Å². The summed E-state index contributed by atoms with van der Waals surface area (Å²) in [6.45, 7) is 3.75. The molecule has 2 rings (SSSR count). The molecule has 1 aromatic rings. The third-order valence-corrected chi connectivity index (χ3v) is 3.82. The topological polar surface area (TPSA) is 52.6 Å². The van der Waals surface area contributed by atoms with Gasteiger partial charge in [0.2, 0.25) is 0 Å². The number of hydrogen-bond donors (Lipinski definition) is 2. The Morgan fingerprint density at radius 3 is 2.95 bits per heavy atom. The highest BCUT2D eigenvalue weighted by atomic mass is 16.3. The Hall–Kier alpha value is -1.55. The van der Waals surface area contributed by atoms with Gasteiger partial charge in [-0.1, -0.05) is 19.1 Å². The Morgan fingerprint density at radius 1 is 1.40 bits per heavy atom. The summed E-state index contributed by atoms with van der Waals surface area (Å²) in [5.74, 6) is 0.0305. The van der Waals surface area contributed by atoms with Gasteiger partial charge < -0.3 is 15.3 Å². The third-order valence-electron chi connectivity index (χ3n) is 3.82. The van der Waals surface area contributed by atoms with Crippen LogP contribution in [0.25, 0.3) is 0 Å². The third kappa shape index (κ3) is 3.31. The van der Waals surface area contributed by atoms with E-state index in [0.717, 1.165) is 44.5 Å². The molecule has 1 saturated heterocycles. The molecule has 20 heavy (non-hydrogen) atoms. The number of rotatable bonds is 5. The number of nitrogens with zero attached hydrogens (tertiary/aromatic N) is 1. The van der Waals surface area contributed by atoms with Crippen molar-refractivity contribution in [2.24, 2.45) is 0 Å². The van der Waals surface area contributed by atoms with E-state index in [9.17, 15) is 9.90 Å². The van der Waals surface area contributed by atoms with Gasteiger partial charge in [0.25, 0.3) is 5.91 Å². The fraction of sp³-hybridized carbons (Fsp3) is 0.562. The number of aliphatic hydroxyl groups excluding tert-OH is 1. The minimum absolute atomic E-state index is 0.0305. The first kappa shape index (κ1) is 14.9. The maximum absolute atomic E-state index is 12.7. The van der Waals surface area contributed by atoms with E-state index in [0.29, 0.717) is 5.56 Å². The predicted octanol–water partition coefficient (Wildman–Crippen LogP) is 2.50. The maximum atomic E-state index is 12.7. The van der Waals surface area contributed by atoms with Gasteiger partial charge in [0.05, 0.1) is 18.2 Å². The molecule has 4 nitrogen and oxygen atoms in total. The molecule has 110 valence electrons. The Bertz CT molecular complexity index is 448. The molecule has 0 saturated carbocycles. The Kier molecular flexibility index (Phi) is 5.41. The molecule has 1 fully saturated rings. The highest BCUT2D eigenvalue weighted by Crippen LogP contribution is 2.23. The van der Waals surface area contributed by atoms with E-state index in [1.165, 1.54) is 0 Å². The Balaban J connectivity index is 2.19. The first-order valence-corrected chi connectivity index (χ1v) is 7.52. The maximum Gasteiger partial charge on any atom is 0.256 e. The second-order valence-electron chi connectivity index (χ2n) is 5.30. The summed E-state index contributed by atoms with van der Waals surface area (Å²) in [4.78, 5) is 14.6. The van der Waals surface area contributed by atoms with E-state index in [1.54, 1.807) is 0 Å². The summed E-state index contributed by atoms with van der Waals surface area (Å²) in [6.07, 6.45) is 4.02. The van der Waals surface area contributed by atoms with Gasteiger partial charge in [0.1, 0.15) is 0 Å². The lowest BCUT2D eigenvalue weighted by molar-refractivity contribution is 0.0504. The van der Waals surface area contributed by atoms with Crippen LogP contribution in [0, 0.1) is 0 Å². The molecular formula is C16H24N2O2. The summed E-state index contributed by atoms with van der Waals surface area (Å²) < 4.78 is 0. The summed E-state index contributed by atoms with van der Waals surface area (Å²) in [6, 6.07) is 7.61. The molecule has 2 N–H and O–H groups in total. The molecule has 4 heteroatoms. The lowest BCUT2D eigenvalue weighted by atomic mass is 10.0. The second kappa shape index (κ2) is 7.29. The van der Waals surface area contributed by atoms with Gasteiger partial charge in [0.15, 0.2) is 0 Å². The molecule has 1 aliphatic heterocycles. The van der Waals surface area contributed by atoms with Gasteiger partial charge in [-0.15, -0.1) is 0 Å². The van der Waals surface area contributed by atoms with Crippen molar-refractivity contribution in [1.82, 2.24) is 4.90 Å². The van der Waals surface area contributed by atoms with Gasteiger partial charge in [-0.2, -0.15) is 0 Å². The number of benzene rings is 1. The fourth-order valence-electron chi connectivity index (χ4n) is 2.70. The number of aliphatic hydroxyl groups is 1. The molecule has 0 radical (unpaired) electrons. The van der Waals surface area contributed by atoms with Crippen molar-refractivity contribution in [3.63, 3.8) is 0 Å². The molecule has 1 aliphatic rings. The Labute approximate surface area is 120 Å². The molecule has 1 unspecified atom stereocenters. The standard InChI is InChI=1S/C16H24N2O2/c1-2-10-17-15-9-4-3-8-14(15)16(20)18-11-6-5-7-13(18)12-19/h3-4,8-9,13,17,19H,2,5-7,10-12H2,1H3. The summed E-state index contributed by atoms with van der Waals surface area (Å²) in [5.41, 5.74) is 1.60. The first-order valence-electron chi connectivity index (χ1n) is 7.52. The van der Waals surface area contributed by atoms with E-state index >= 15 is 0 Å². The van der Waals surface area contributed by atoms with E-state index in [2.05, 4.69) is 12.2 Å². The molecule has 1 aromatic carbocycles. The van der Waals surface area contributed by atoms with Crippen LogP contribution in [0.15, 0.2) is 24.3 Å². The SMILES string of the molecule is CCCNc1ccccc1C(=O)N1CCCCC1CO. The van der Waals surface area contributed by atoms with Crippen molar-refractivity contribution in [1.29, 1.82) is 0 Å². The van der Waals surface area contributed by atoms with Crippen molar-refractivity contribution >= 4 is 11.6 Å². The van der Waals surface area contributed by atoms with Crippen LogP contribution in [-0.4, -0.2) is 41.7 Å². The largest absolute Gasteiger partial charge is 0.394 e. The molecule has 0 bridgehead atoms. The monoisotopic (exact) mass is 276 g/mol. The number of likely N-dealkylation sites (tertiary alicyclic amines) is 1. The summed E-state index contributed by atoms with van der Waals surface area (Å²) in [5, 5.41) is 12.8. The number of carbonyl (C=O) groups is 1. The number of para-hydroxylation sites is 1. The molecule has 0 spiro atoms. The lowest BCUT2D eigenvalue weighted by Crippen LogP contribution is -2.45. The second-order valence-corrected chi connectivity index (χ2v) is 5.30. The van der Waals surface area contributed by atoms with Gasteiger partial charge in [0, 0.05) is 18.8 Å². The molecule has 1 amide bonds. The minimum Gasteiger partial charge on any atom is -0.394 e. The number of carbonyl (C=O) groups excluding carboxylic acids is 1. The smallest absolute Gasteiger partial charge is 0.256 e. The van der Waals surface area contributed by atoms with Crippen molar-refractivity contribution < 1.29 is 9.90 Å². The highest BCUT2D eigenvalue weighted by Gasteiger charge is 2.27. The van der Waals surface area contributed by atoms with Gasteiger partial charge in [-0.25, -0.2) is 0 Å². The van der Waals surface area contributed by atoms with E-state index in [-0.39, 0.29) is 18.6 Å². The van der Waals surface area contributed by atoms with Gasteiger partial charge >= 0.3 is 0 Å². The molecule has 0 aliphatic carbocycles. The predicted molar refractivity (Wildman–Crippen MR) is 81.0 cm³/mol. The summed E-state index contributed by atoms with van der Waals surface area (Å²) >= 11 is 0. The quantitative estimate of drug-likeness (QED) is 0.868. The van der Waals surface area contributed by atoms with Crippen LogP contribution in [0.1, 0.15) is 43.0 Å². The van der Waals surface area contributed by atoms with Crippen LogP contribution < -0.4 is 5.32 Å². The van der Waals surface area contributed by atoms with Crippen LogP contribution in [0.3, 0.4) is 0 Å². The average Bonchev–Trinajstić information content (AvgIpc) is 2.52. The van der Waals surface area contributed by atoms with Crippen molar-refractivity contribution in [3.05, 3.63) is 29.8 Å². The van der Waals surface area contributed by atoms with Crippen molar-refractivity contribution in [2.45, 2.75) is 38.6 Å². The summed E-state index contributed by atoms with van der Waals surface area (Å²) in [7, 11) is 0. The molecule has 1 atom stereocenters. The van der Waals surface area contributed by atoms with E-state index in [4.69, 9.17) is 0 Å². The van der Waals surface area contributed by atoms with Crippen molar-refractivity contribution in [2.75, 3.05) is 25.0 Å². The van der Waals surface area contributed by atoms with Crippen LogP contribution in [-0.2, 0) is 0 Å². The fourth-order valence-corrected chi connectivity index (χ4v) is 2.70. The average molecular weight is 276 g/mol. The number of hydrogen-bond acceptors (Lipinski definition) is 3. The van der Waals surface area contributed by atoms with Crippen LogP contribution in [0.4, 0.5) is 5.69 Å². The number of piperidine rings is 1. The van der Waals surface area contributed by atoms with E-state index < -0.39 is 0 Å². The minimum atomic E-state index is -0.0320. The number of nitrogens with one attached hydrogen (secondary N) is 1. The highest BCUT2D eigenvalue weighted by molar-refractivity contribution is 5.99. The van der Waals surface area contributed by atoms with E-state index in [1.807, 2.05) is 29.2 Å². The lowest BCUT2D eigenvalue weighted by Gasteiger charge is -2.35. The van der Waals surface area contributed by atoms with Crippen molar-refractivity contribution in [3.8, 4) is 0 Å². The van der Waals surface area contributed by atoms with Crippen LogP contribution in [0.5, 0.6) is 0 Å². The number of amides is 1. The van der Waals surface area contributed by atoms with Crippen LogP contribution >= 0.6 is 0 Å². The normalized spacial score (nSPS) is 18.9.